The van der Waals surface area contributed by atoms with Gasteiger partial charge in [-0.05, 0) is 47.8 Å². The summed E-state index contributed by atoms with van der Waals surface area (Å²) in [6.45, 7) is 4.03. The second-order valence-electron chi connectivity index (χ2n) is 7.06. The summed E-state index contributed by atoms with van der Waals surface area (Å²) >= 11 is 1.74. The average molecular weight is 377 g/mol. The monoisotopic (exact) mass is 376 g/mol. The first kappa shape index (κ1) is 17.2. The van der Waals surface area contributed by atoms with E-state index in [1.165, 1.54) is 4.88 Å². The predicted molar refractivity (Wildman–Crippen MR) is 102 cm³/mol. The van der Waals surface area contributed by atoms with Gasteiger partial charge in [0.1, 0.15) is 0 Å². The summed E-state index contributed by atoms with van der Waals surface area (Å²) in [5.41, 5.74) is 2.20. The first-order valence-corrected chi connectivity index (χ1v) is 11.2. The number of piperidine rings is 1. The van der Waals surface area contributed by atoms with Crippen LogP contribution >= 0.6 is 11.3 Å². The maximum absolute atomic E-state index is 13.4. The summed E-state index contributed by atoms with van der Waals surface area (Å²) in [5.74, 6) is 0.612. The largest absolute Gasteiger partial charge is 0.282 e. The quantitative estimate of drug-likeness (QED) is 0.820. The Hall–Kier alpha value is -1.21. The van der Waals surface area contributed by atoms with E-state index in [-0.39, 0.29) is 6.04 Å². The fourth-order valence-corrected chi connectivity index (χ4v) is 6.58. The number of benzene rings is 1. The highest BCUT2D eigenvalue weighted by Gasteiger charge is 2.40. The van der Waals surface area contributed by atoms with Gasteiger partial charge in [-0.3, -0.25) is 0 Å². The standard InChI is InChI=1S/C19H24N2O2S2/c1-15-7-11-20(12-8-15)25(22,23)21-13-9-18-17(10-14-24-18)19(21)16-5-3-2-4-6-16/h2-6,10,14-15,19H,7-9,11-13H2,1H3/t19-/m0/s1. The first-order valence-electron chi connectivity index (χ1n) is 8.95. The van der Waals surface area contributed by atoms with Crippen LogP contribution in [0.15, 0.2) is 41.8 Å². The van der Waals surface area contributed by atoms with E-state index in [1.807, 2.05) is 30.3 Å². The molecule has 0 radical (unpaired) electrons. The van der Waals surface area contributed by atoms with Crippen LogP contribution in [0.5, 0.6) is 0 Å². The molecule has 1 aromatic carbocycles. The van der Waals surface area contributed by atoms with E-state index in [1.54, 1.807) is 19.9 Å². The highest BCUT2D eigenvalue weighted by molar-refractivity contribution is 7.86. The van der Waals surface area contributed by atoms with E-state index in [4.69, 9.17) is 0 Å². The normalized spacial score (nSPS) is 23.5. The lowest BCUT2D eigenvalue weighted by Crippen LogP contribution is -2.50. The maximum atomic E-state index is 13.4. The molecule has 0 N–H and O–H groups in total. The van der Waals surface area contributed by atoms with Gasteiger partial charge < -0.3 is 0 Å². The second-order valence-corrected chi connectivity index (χ2v) is 9.94. The van der Waals surface area contributed by atoms with Crippen LogP contribution in [0.1, 0.15) is 41.8 Å². The zero-order valence-electron chi connectivity index (χ0n) is 14.5. The van der Waals surface area contributed by atoms with E-state index in [0.717, 1.165) is 30.4 Å². The molecule has 0 spiro atoms. The third kappa shape index (κ3) is 3.16. The van der Waals surface area contributed by atoms with Gasteiger partial charge in [-0.25, -0.2) is 0 Å². The molecule has 0 bridgehead atoms. The molecule has 1 atom stereocenters. The highest BCUT2D eigenvalue weighted by Crippen LogP contribution is 2.40. The molecule has 2 aliphatic rings. The van der Waals surface area contributed by atoms with Gasteiger partial charge in [-0.1, -0.05) is 37.3 Å². The van der Waals surface area contributed by atoms with Crippen molar-refractivity contribution >= 4 is 21.5 Å². The van der Waals surface area contributed by atoms with Crippen molar-refractivity contribution in [2.45, 2.75) is 32.2 Å². The van der Waals surface area contributed by atoms with Crippen molar-refractivity contribution in [3.63, 3.8) is 0 Å². The zero-order valence-corrected chi connectivity index (χ0v) is 16.1. The summed E-state index contributed by atoms with van der Waals surface area (Å²) in [7, 11) is -3.46. The van der Waals surface area contributed by atoms with Crippen molar-refractivity contribution in [2.75, 3.05) is 19.6 Å². The predicted octanol–water partition coefficient (Wildman–Crippen LogP) is 3.67. The van der Waals surface area contributed by atoms with Gasteiger partial charge in [0.25, 0.3) is 10.2 Å². The summed E-state index contributed by atoms with van der Waals surface area (Å²) in [6, 6.07) is 11.9. The number of hydrogen-bond donors (Lipinski definition) is 0. The van der Waals surface area contributed by atoms with E-state index in [9.17, 15) is 8.42 Å². The van der Waals surface area contributed by atoms with Crippen molar-refractivity contribution in [3.05, 3.63) is 57.8 Å². The molecule has 1 fully saturated rings. The summed E-state index contributed by atoms with van der Waals surface area (Å²) in [4.78, 5) is 1.31. The van der Waals surface area contributed by atoms with Gasteiger partial charge in [0.15, 0.2) is 0 Å². The van der Waals surface area contributed by atoms with Crippen molar-refractivity contribution < 1.29 is 8.42 Å². The lowest BCUT2D eigenvalue weighted by molar-refractivity contribution is 0.250. The van der Waals surface area contributed by atoms with E-state index in [2.05, 4.69) is 18.4 Å². The molecule has 2 aliphatic heterocycles. The van der Waals surface area contributed by atoms with Gasteiger partial charge in [-0.15, -0.1) is 11.3 Å². The fraction of sp³-hybridized carbons (Fsp3) is 0.474. The van der Waals surface area contributed by atoms with Gasteiger partial charge >= 0.3 is 0 Å². The molecule has 0 amide bonds. The van der Waals surface area contributed by atoms with Crippen LogP contribution < -0.4 is 0 Å². The Morgan fingerprint density at radius 2 is 1.76 bits per heavy atom. The molecule has 4 rings (SSSR count). The number of thiophene rings is 1. The molecule has 0 aliphatic carbocycles. The molecule has 1 saturated heterocycles. The van der Waals surface area contributed by atoms with Gasteiger partial charge in [0, 0.05) is 24.5 Å². The topological polar surface area (TPSA) is 40.6 Å². The van der Waals surface area contributed by atoms with Crippen molar-refractivity contribution in [1.82, 2.24) is 8.61 Å². The summed E-state index contributed by atoms with van der Waals surface area (Å²) < 4.78 is 30.3. The number of nitrogens with zero attached hydrogens (tertiary/aromatic N) is 2. The van der Waals surface area contributed by atoms with Gasteiger partial charge in [-0.2, -0.15) is 17.0 Å². The summed E-state index contributed by atoms with van der Waals surface area (Å²) in [6.07, 6.45) is 2.71. The third-order valence-electron chi connectivity index (χ3n) is 5.40. The molecule has 6 heteroatoms. The van der Waals surface area contributed by atoms with Crippen LogP contribution in [0.4, 0.5) is 0 Å². The minimum absolute atomic E-state index is 0.208. The Bertz CT molecular complexity index is 824. The first-order chi connectivity index (χ1) is 12.1. The number of rotatable bonds is 3. The van der Waals surface area contributed by atoms with Crippen molar-refractivity contribution in [3.8, 4) is 0 Å². The van der Waals surface area contributed by atoms with E-state index < -0.39 is 10.2 Å². The molecule has 25 heavy (non-hydrogen) atoms. The zero-order chi connectivity index (χ0) is 17.4. The minimum Gasteiger partial charge on any atom is -0.195 e. The number of hydrogen-bond acceptors (Lipinski definition) is 3. The van der Waals surface area contributed by atoms with Gasteiger partial charge in [0.2, 0.25) is 0 Å². The van der Waals surface area contributed by atoms with Gasteiger partial charge in [0.05, 0.1) is 6.04 Å². The fourth-order valence-electron chi connectivity index (χ4n) is 3.89. The molecular weight excluding hydrogens is 352 g/mol. The highest BCUT2D eigenvalue weighted by atomic mass is 32.2. The van der Waals surface area contributed by atoms with Crippen LogP contribution in [0.2, 0.25) is 0 Å². The van der Waals surface area contributed by atoms with Crippen molar-refractivity contribution in [2.24, 2.45) is 5.92 Å². The molecular formula is C19H24N2O2S2. The van der Waals surface area contributed by atoms with Crippen LogP contribution in [0.25, 0.3) is 0 Å². The third-order valence-corrected chi connectivity index (χ3v) is 8.40. The Morgan fingerprint density at radius 3 is 2.48 bits per heavy atom. The van der Waals surface area contributed by atoms with Crippen LogP contribution in [0, 0.1) is 5.92 Å². The molecule has 3 heterocycles. The molecule has 0 saturated carbocycles. The minimum atomic E-state index is -3.46. The Kier molecular flexibility index (Phi) is 4.71. The lowest BCUT2D eigenvalue weighted by atomic mass is 9.95. The molecule has 0 unspecified atom stereocenters. The Morgan fingerprint density at radius 1 is 1.04 bits per heavy atom. The Balaban J connectivity index is 1.72. The van der Waals surface area contributed by atoms with Crippen LogP contribution in [-0.4, -0.2) is 36.7 Å². The number of fused-ring (bicyclic) bond motifs is 1. The average Bonchev–Trinajstić information content (AvgIpc) is 3.10. The molecule has 4 nitrogen and oxygen atoms in total. The van der Waals surface area contributed by atoms with Crippen molar-refractivity contribution in [1.29, 1.82) is 0 Å². The molecule has 2 aromatic rings. The maximum Gasteiger partial charge on any atom is 0.282 e. The second kappa shape index (κ2) is 6.83. The lowest BCUT2D eigenvalue weighted by Gasteiger charge is -2.40. The van der Waals surface area contributed by atoms with E-state index in [0.29, 0.717) is 25.6 Å². The SMILES string of the molecule is CC1CCN(S(=O)(=O)N2CCc3sccc3[C@@H]2c2ccccc2)CC1. The van der Waals surface area contributed by atoms with E-state index >= 15 is 0 Å². The van der Waals surface area contributed by atoms with Crippen LogP contribution in [-0.2, 0) is 16.6 Å². The smallest absolute Gasteiger partial charge is 0.195 e. The van der Waals surface area contributed by atoms with Crippen LogP contribution in [0.3, 0.4) is 0 Å². The Labute approximate surface area is 154 Å². The summed E-state index contributed by atoms with van der Waals surface area (Å²) in [5, 5.41) is 2.08. The molecule has 134 valence electrons. The molecule has 1 aromatic heterocycles.